The third-order valence-electron chi connectivity index (χ3n) is 5.97. The van der Waals surface area contributed by atoms with Gasteiger partial charge in [-0.2, -0.15) is 0 Å². The zero-order valence-corrected chi connectivity index (χ0v) is 17.5. The lowest BCUT2D eigenvalue weighted by atomic mass is 9.64. The smallest absolute Gasteiger partial charge is 0.220 e. The summed E-state index contributed by atoms with van der Waals surface area (Å²) in [5.74, 6) is 1.24. The number of rotatable bonds is 10. The van der Waals surface area contributed by atoms with E-state index in [1.807, 2.05) is 6.92 Å². The van der Waals surface area contributed by atoms with E-state index in [-0.39, 0.29) is 17.7 Å². The van der Waals surface area contributed by atoms with Gasteiger partial charge in [0.15, 0.2) is 0 Å². The fourth-order valence-electron chi connectivity index (χ4n) is 4.22. The molecule has 0 aromatic heterocycles. The summed E-state index contributed by atoms with van der Waals surface area (Å²) in [6.07, 6.45) is 4.27. The topological polar surface area (TPSA) is 95.6 Å². The molecule has 26 heavy (non-hydrogen) atoms. The summed E-state index contributed by atoms with van der Waals surface area (Å²) in [7, 11) is 0. The Balaban J connectivity index is 2.94. The van der Waals surface area contributed by atoms with Crippen LogP contribution in [-0.4, -0.2) is 40.4 Å². The van der Waals surface area contributed by atoms with Crippen LogP contribution in [0.1, 0.15) is 79.6 Å². The monoisotopic (exact) mass is 370 g/mol. The Morgan fingerprint density at radius 3 is 1.92 bits per heavy atom. The molecule has 0 aromatic carbocycles. The molecular weight excluding hydrogens is 328 g/mol. The number of carbonyl (C=O) groups excluding carboxylic acids is 1. The summed E-state index contributed by atoms with van der Waals surface area (Å²) >= 11 is 0. The zero-order valence-electron chi connectivity index (χ0n) is 17.5. The first-order valence-corrected chi connectivity index (χ1v) is 10.5. The van der Waals surface area contributed by atoms with Gasteiger partial charge in [0.2, 0.25) is 5.91 Å². The Kier molecular flexibility index (Phi) is 9.56. The summed E-state index contributed by atoms with van der Waals surface area (Å²) in [5.41, 5.74) is 4.51. The lowest BCUT2D eigenvalue weighted by Gasteiger charge is -2.51. The van der Waals surface area contributed by atoms with Crippen LogP contribution in [0.15, 0.2) is 0 Å². The number of nitrogens with one attached hydrogen (secondary N) is 1. The molecule has 5 heteroatoms. The molecule has 1 aliphatic rings. The van der Waals surface area contributed by atoms with Gasteiger partial charge in [-0.1, -0.05) is 40.5 Å². The molecule has 0 aliphatic heterocycles. The molecule has 154 valence electrons. The van der Waals surface area contributed by atoms with E-state index in [1.54, 1.807) is 0 Å². The summed E-state index contributed by atoms with van der Waals surface area (Å²) in [6, 6.07) is 0. The molecule has 1 fully saturated rings. The molecule has 1 saturated carbocycles. The quantitative estimate of drug-likeness (QED) is 0.475. The molecule has 0 aromatic rings. The summed E-state index contributed by atoms with van der Waals surface area (Å²) in [5, 5.41) is 25.1. The van der Waals surface area contributed by atoms with Crippen LogP contribution in [0.2, 0.25) is 0 Å². The number of hydrogen-bond donors (Lipinski definition) is 4. The fraction of sp³-hybridized carbons (Fsp3) is 0.952. The van der Waals surface area contributed by atoms with Crippen molar-refractivity contribution >= 4 is 5.91 Å². The SMILES string of the molecule is CC(C)CC[C@@H]1C[C@H](CCC(C)C)[C@H](O)[C@@](C)(NC(=O)CCCN)[C@@H]1O. The molecule has 0 saturated heterocycles. The second kappa shape index (κ2) is 10.6. The highest BCUT2D eigenvalue weighted by molar-refractivity contribution is 5.77. The Hall–Kier alpha value is -0.650. The minimum Gasteiger partial charge on any atom is -0.390 e. The number of amides is 1. The first kappa shape index (κ1) is 23.4. The summed E-state index contributed by atoms with van der Waals surface area (Å²) in [6.45, 7) is 11.0. The lowest BCUT2D eigenvalue weighted by Crippen LogP contribution is -2.68. The van der Waals surface area contributed by atoms with Gasteiger partial charge in [0.25, 0.3) is 0 Å². The van der Waals surface area contributed by atoms with Crippen molar-refractivity contribution in [3.05, 3.63) is 0 Å². The van der Waals surface area contributed by atoms with E-state index >= 15 is 0 Å². The van der Waals surface area contributed by atoms with Gasteiger partial charge in [-0.3, -0.25) is 4.79 Å². The molecule has 1 aliphatic carbocycles. The predicted molar refractivity (Wildman–Crippen MR) is 107 cm³/mol. The van der Waals surface area contributed by atoms with Crippen molar-refractivity contribution in [2.75, 3.05) is 6.54 Å². The van der Waals surface area contributed by atoms with Crippen LogP contribution in [0.5, 0.6) is 0 Å². The van der Waals surface area contributed by atoms with Crippen molar-refractivity contribution in [3.8, 4) is 0 Å². The first-order chi connectivity index (χ1) is 12.1. The first-order valence-electron chi connectivity index (χ1n) is 10.5. The van der Waals surface area contributed by atoms with Crippen LogP contribution in [0.25, 0.3) is 0 Å². The number of hydrogen-bond acceptors (Lipinski definition) is 4. The van der Waals surface area contributed by atoms with Gasteiger partial charge in [-0.05, 0) is 62.8 Å². The van der Waals surface area contributed by atoms with Crippen LogP contribution in [-0.2, 0) is 4.79 Å². The van der Waals surface area contributed by atoms with Crippen LogP contribution in [0.3, 0.4) is 0 Å². The van der Waals surface area contributed by atoms with Crippen LogP contribution in [0.4, 0.5) is 0 Å². The van der Waals surface area contributed by atoms with E-state index in [4.69, 9.17) is 5.73 Å². The molecule has 0 bridgehead atoms. The van der Waals surface area contributed by atoms with E-state index in [1.165, 1.54) is 0 Å². The molecule has 0 radical (unpaired) electrons. The number of nitrogens with two attached hydrogens (primary N) is 1. The van der Waals surface area contributed by atoms with Gasteiger partial charge in [0.1, 0.15) is 0 Å². The zero-order chi connectivity index (χ0) is 19.9. The van der Waals surface area contributed by atoms with E-state index in [9.17, 15) is 15.0 Å². The molecule has 0 spiro atoms. The molecule has 5 N–H and O–H groups in total. The number of aliphatic hydroxyl groups excluding tert-OH is 2. The van der Waals surface area contributed by atoms with Gasteiger partial charge >= 0.3 is 0 Å². The lowest BCUT2D eigenvalue weighted by molar-refractivity contribution is -0.142. The highest BCUT2D eigenvalue weighted by Crippen LogP contribution is 2.41. The molecule has 5 atom stereocenters. The molecule has 5 nitrogen and oxygen atoms in total. The highest BCUT2D eigenvalue weighted by Gasteiger charge is 2.51. The second-order valence-corrected chi connectivity index (χ2v) is 9.31. The van der Waals surface area contributed by atoms with Crippen molar-refractivity contribution in [1.29, 1.82) is 0 Å². The van der Waals surface area contributed by atoms with E-state index < -0.39 is 17.7 Å². The largest absolute Gasteiger partial charge is 0.390 e. The fourth-order valence-corrected chi connectivity index (χ4v) is 4.22. The summed E-state index contributed by atoms with van der Waals surface area (Å²) < 4.78 is 0. The maximum atomic E-state index is 12.3. The van der Waals surface area contributed by atoms with Crippen LogP contribution in [0, 0.1) is 23.7 Å². The standard InChI is InChI=1S/C21H42N2O3/c1-14(2)8-10-16-13-17(11-9-15(3)4)20(26)21(5,19(16)25)23-18(24)7-6-12-22/h14-17,19-20,25-26H,6-13,22H2,1-5H3,(H,23,24)/t16-,17+,19-,20+,21+. The molecule has 1 rings (SSSR count). The maximum absolute atomic E-state index is 12.3. The van der Waals surface area contributed by atoms with Gasteiger partial charge in [0, 0.05) is 6.42 Å². The maximum Gasteiger partial charge on any atom is 0.220 e. The Bertz CT molecular complexity index is 401. The minimum absolute atomic E-state index is 0.109. The Morgan fingerprint density at radius 1 is 1.08 bits per heavy atom. The van der Waals surface area contributed by atoms with Gasteiger partial charge in [-0.15, -0.1) is 0 Å². The molecule has 0 unspecified atom stereocenters. The Morgan fingerprint density at radius 2 is 1.54 bits per heavy atom. The third-order valence-corrected chi connectivity index (χ3v) is 5.97. The van der Waals surface area contributed by atoms with Gasteiger partial charge in [-0.25, -0.2) is 0 Å². The average molecular weight is 371 g/mol. The minimum atomic E-state index is -0.993. The van der Waals surface area contributed by atoms with Crippen LogP contribution >= 0.6 is 0 Å². The van der Waals surface area contributed by atoms with Crippen molar-refractivity contribution in [1.82, 2.24) is 5.32 Å². The second-order valence-electron chi connectivity index (χ2n) is 9.31. The summed E-state index contributed by atoms with van der Waals surface area (Å²) in [4.78, 5) is 12.3. The van der Waals surface area contributed by atoms with E-state index in [2.05, 4.69) is 33.0 Å². The van der Waals surface area contributed by atoms with Crippen molar-refractivity contribution < 1.29 is 15.0 Å². The van der Waals surface area contributed by atoms with Crippen molar-refractivity contribution in [2.45, 2.75) is 97.3 Å². The molecule has 1 amide bonds. The van der Waals surface area contributed by atoms with E-state index in [0.29, 0.717) is 31.2 Å². The predicted octanol–water partition coefficient (Wildman–Crippen LogP) is 2.83. The Labute approximate surface area is 160 Å². The molecule has 0 heterocycles. The normalized spacial score (nSPS) is 32.2. The van der Waals surface area contributed by atoms with Gasteiger partial charge in [0.05, 0.1) is 17.7 Å². The van der Waals surface area contributed by atoms with Crippen LogP contribution < -0.4 is 11.1 Å². The number of aliphatic hydroxyl groups is 2. The van der Waals surface area contributed by atoms with E-state index in [0.717, 1.165) is 32.1 Å². The van der Waals surface area contributed by atoms with Crippen molar-refractivity contribution in [2.24, 2.45) is 29.4 Å². The number of carbonyl (C=O) groups is 1. The van der Waals surface area contributed by atoms with Crippen molar-refractivity contribution in [3.63, 3.8) is 0 Å². The molecular formula is C21H42N2O3. The van der Waals surface area contributed by atoms with Gasteiger partial charge < -0.3 is 21.3 Å². The highest BCUT2D eigenvalue weighted by atomic mass is 16.3. The average Bonchev–Trinajstić information content (AvgIpc) is 2.56. The third kappa shape index (κ3) is 6.50.